The van der Waals surface area contributed by atoms with E-state index in [1.54, 1.807) is 31.3 Å². The number of aryl methyl sites for hydroxylation is 2. The lowest BCUT2D eigenvalue weighted by atomic mass is 10.1. The Hall–Kier alpha value is -2.62. The van der Waals surface area contributed by atoms with E-state index in [-0.39, 0.29) is 11.8 Å². The van der Waals surface area contributed by atoms with Crippen LogP contribution >= 0.6 is 0 Å². The van der Waals surface area contributed by atoms with E-state index in [9.17, 15) is 9.59 Å². The molecule has 21 heavy (non-hydrogen) atoms. The van der Waals surface area contributed by atoms with Gasteiger partial charge in [0.1, 0.15) is 0 Å². The van der Waals surface area contributed by atoms with Crippen LogP contribution in [-0.4, -0.2) is 18.9 Å². The summed E-state index contributed by atoms with van der Waals surface area (Å²) in [5, 5.41) is 5.37. The molecule has 0 aromatic heterocycles. The van der Waals surface area contributed by atoms with Gasteiger partial charge in [-0.1, -0.05) is 23.3 Å². The van der Waals surface area contributed by atoms with E-state index in [1.807, 2.05) is 32.0 Å². The van der Waals surface area contributed by atoms with Crippen LogP contribution in [-0.2, 0) is 0 Å². The smallest absolute Gasteiger partial charge is 0.255 e. The number of anilines is 1. The molecule has 0 unspecified atom stereocenters. The van der Waals surface area contributed by atoms with E-state index >= 15 is 0 Å². The summed E-state index contributed by atoms with van der Waals surface area (Å²) in [7, 11) is 1.57. The fraction of sp³-hybridized carbons (Fsp3) is 0.176. The fourth-order valence-electron chi connectivity index (χ4n) is 2.19. The first-order valence-corrected chi connectivity index (χ1v) is 6.71. The summed E-state index contributed by atoms with van der Waals surface area (Å²) in [4.78, 5) is 23.8. The average Bonchev–Trinajstić information content (AvgIpc) is 2.45. The highest BCUT2D eigenvalue weighted by Gasteiger charge is 2.09. The number of carbonyl (C=O) groups is 2. The lowest BCUT2D eigenvalue weighted by Gasteiger charge is -2.08. The second-order valence-electron chi connectivity index (χ2n) is 4.99. The Bertz CT molecular complexity index is 673. The van der Waals surface area contributed by atoms with E-state index in [1.165, 1.54) is 0 Å². The molecule has 2 amide bonds. The molecule has 0 spiro atoms. The van der Waals surface area contributed by atoms with Gasteiger partial charge in [0.05, 0.1) is 0 Å². The van der Waals surface area contributed by atoms with E-state index in [2.05, 4.69) is 10.6 Å². The number of hydrogen-bond acceptors (Lipinski definition) is 2. The van der Waals surface area contributed by atoms with Crippen LogP contribution in [0.2, 0.25) is 0 Å². The Labute approximate surface area is 124 Å². The lowest BCUT2D eigenvalue weighted by molar-refractivity contribution is 0.0961. The average molecular weight is 282 g/mol. The highest BCUT2D eigenvalue weighted by Crippen LogP contribution is 2.14. The third kappa shape index (κ3) is 3.69. The number of hydrogen-bond donors (Lipinski definition) is 2. The van der Waals surface area contributed by atoms with Crippen LogP contribution in [0.25, 0.3) is 0 Å². The maximum atomic E-state index is 12.3. The van der Waals surface area contributed by atoms with Gasteiger partial charge in [-0.05, 0) is 44.2 Å². The molecule has 0 saturated carbocycles. The number of carbonyl (C=O) groups excluding carboxylic acids is 2. The summed E-state index contributed by atoms with van der Waals surface area (Å²) in [5.41, 5.74) is 3.80. The van der Waals surface area contributed by atoms with Gasteiger partial charge in [-0.2, -0.15) is 0 Å². The second kappa shape index (κ2) is 6.22. The predicted octanol–water partition coefficient (Wildman–Crippen LogP) is 2.92. The van der Waals surface area contributed by atoms with Crippen LogP contribution in [0.15, 0.2) is 42.5 Å². The van der Waals surface area contributed by atoms with Crippen molar-refractivity contribution in [2.75, 3.05) is 12.4 Å². The summed E-state index contributed by atoms with van der Waals surface area (Å²) in [6, 6.07) is 12.5. The number of benzene rings is 2. The van der Waals surface area contributed by atoms with Gasteiger partial charge in [-0.25, -0.2) is 0 Å². The highest BCUT2D eigenvalue weighted by molar-refractivity contribution is 6.05. The molecule has 0 atom stereocenters. The topological polar surface area (TPSA) is 58.2 Å². The molecular formula is C17H18N2O2. The quantitative estimate of drug-likeness (QED) is 0.909. The third-order valence-corrected chi connectivity index (χ3v) is 3.09. The molecule has 2 aromatic carbocycles. The molecular weight excluding hydrogens is 264 g/mol. The molecule has 2 rings (SSSR count). The Morgan fingerprint density at radius 2 is 1.52 bits per heavy atom. The lowest BCUT2D eigenvalue weighted by Crippen LogP contribution is -2.18. The minimum Gasteiger partial charge on any atom is -0.355 e. The zero-order chi connectivity index (χ0) is 15.4. The summed E-state index contributed by atoms with van der Waals surface area (Å²) in [6.07, 6.45) is 0. The number of nitrogens with one attached hydrogen (secondary N) is 2. The fourth-order valence-corrected chi connectivity index (χ4v) is 2.19. The van der Waals surface area contributed by atoms with Crippen molar-refractivity contribution in [1.29, 1.82) is 0 Å². The first-order chi connectivity index (χ1) is 9.99. The predicted molar refractivity (Wildman–Crippen MR) is 83.7 cm³/mol. The molecule has 0 bridgehead atoms. The molecule has 0 radical (unpaired) electrons. The first kappa shape index (κ1) is 14.8. The van der Waals surface area contributed by atoms with Crippen LogP contribution in [0.3, 0.4) is 0 Å². The van der Waals surface area contributed by atoms with Crippen molar-refractivity contribution in [3.05, 3.63) is 64.7 Å². The molecule has 0 aliphatic carbocycles. The van der Waals surface area contributed by atoms with Crippen molar-refractivity contribution in [3.8, 4) is 0 Å². The van der Waals surface area contributed by atoms with Gasteiger partial charge in [0.2, 0.25) is 0 Å². The Balaban J connectivity index is 2.21. The van der Waals surface area contributed by atoms with Crippen molar-refractivity contribution < 1.29 is 9.59 Å². The van der Waals surface area contributed by atoms with Crippen LogP contribution in [0, 0.1) is 13.8 Å². The van der Waals surface area contributed by atoms with Crippen LogP contribution in [0.1, 0.15) is 31.8 Å². The minimum absolute atomic E-state index is 0.183. The minimum atomic E-state index is -0.184. The molecule has 0 saturated heterocycles. The van der Waals surface area contributed by atoms with E-state index in [0.717, 1.165) is 11.1 Å². The highest BCUT2D eigenvalue weighted by atomic mass is 16.2. The van der Waals surface area contributed by atoms with Gasteiger partial charge in [-0.15, -0.1) is 0 Å². The van der Waals surface area contributed by atoms with E-state index < -0.39 is 0 Å². The first-order valence-electron chi connectivity index (χ1n) is 6.71. The number of rotatable bonds is 3. The molecule has 2 aromatic rings. The molecule has 2 N–H and O–H groups in total. The normalized spacial score (nSPS) is 10.0. The summed E-state index contributed by atoms with van der Waals surface area (Å²) >= 11 is 0. The molecule has 4 nitrogen and oxygen atoms in total. The zero-order valence-electron chi connectivity index (χ0n) is 12.4. The molecule has 4 heteroatoms. The molecule has 0 aliphatic rings. The van der Waals surface area contributed by atoms with Crippen LogP contribution in [0.5, 0.6) is 0 Å². The SMILES string of the molecule is CNC(=O)c1cccc(NC(=O)c2cc(C)cc(C)c2)c1. The maximum Gasteiger partial charge on any atom is 0.255 e. The summed E-state index contributed by atoms with van der Waals surface area (Å²) in [6.45, 7) is 3.91. The molecule has 0 heterocycles. The van der Waals surface area contributed by atoms with Gasteiger partial charge in [0.25, 0.3) is 11.8 Å². The van der Waals surface area contributed by atoms with Crippen molar-refractivity contribution in [3.63, 3.8) is 0 Å². The zero-order valence-corrected chi connectivity index (χ0v) is 12.4. The molecule has 108 valence electrons. The standard InChI is InChI=1S/C17H18N2O2/c1-11-7-12(2)9-14(8-11)17(21)19-15-6-4-5-13(10-15)16(20)18-3/h4-10H,1-3H3,(H,18,20)(H,19,21). The summed E-state index contributed by atoms with van der Waals surface area (Å²) in [5.74, 6) is -0.367. The largest absolute Gasteiger partial charge is 0.355 e. The molecule has 0 aliphatic heterocycles. The summed E-state index contributed by atoms with van der Waals surface area (Å²) < 4.78 is 0. The van der Waals surface area contributed by atoms with Crippen molar-refractivity contribution >= 4 is 17.5 Å². The van der Waals surface area contributed by atoms with Gasteiger partial charge in [-0.3, -0.25) is 9.59 Å². The second-order valence-corrected chi connectivity index (χ2v) is 4.99. The van der Waals surface area contributed by atoms with Crippen LogP contribution < -0.4 is 10.6 Å². The Morgan fingerprint density at radius 1 is 0.857 bits per heavy atom. The van der Waals surface area contributed by atoms with E-state index in [0.29, 0.717) is 16.8 Å². The van der Waals surface area contributed by atoms with Crippen molar-refractivity contribution in [2.45, 2.75) is 13.8 Å². The van der Waals surface area contributed by atoms with E-state index in [4.69, 9.17) is 0 Å². The van der Waals surface area contributed by atoms with Crippen LogP contribution in [0.4, 0.5) is 5.69 Å². The Morgan fingerprint density at radius 3 is 2.14 bits per heavy atom. The monoisotopic (exact) mass is 282 g/mol. The maximum absolute atomic E-state index is 12.3. The van der Waals surface area contributed by atoms with Crippen molar-refractivity contribution in [1.82, 2.24) is 5.32 Å². The van der Waals surface area contributed by atoms with Gasteiger partial charge < -0.3 is 10.6 Å². The van der Waals surface area contributed by atoms with Crippen molar-refractivity contribution in [2.24, 2.45) is 0 Å². The Kier molecular flexibility index (Phi) is 4.38. The van der Waals surface area contributed by atoms with Gasteiger partial charge >= 0.3 is 0 Å². The molecule has 0 fully saturated rings. The van der Waals surface area contributed by atoms with Gasteiger partial charge in [0.15, 0.2) is 0 Å². The third-order valence-electron chi connectivity index (χ3n) is 3.09. The van der Waals surface area contributed by atoms with Gasteiger partial charge in [0, 0.05) is 23.9 Å². The number of amides is 2.